The van der Waals surface area contributed by atoms with Gasteiger partial charge in [-0.3, -0.25) is 4.79 Å². The van der Waals surface area contributed by atoms with Crippen molar-refractivity contribution >= 4 is 5.97 Å². The monoisotopic (exact) mass is 235 g/mol. The van der Waals surface area contributed by atoms with Crippen molar-refractivity contribution in [2.24, 2.45) is 5.73 Å². The fraction of sp³-hybridized carbons (Fsp3) is 0.500. The molecule has 0 saturated carbocycles. The largest absolute Gasteiger partial charge is 0.458 e. The Balaban J connectivity index is 2.62. The molecule has 0 bridgehead atoms. The number of hydrogen-bond acceptors (Lipinski definition) is 3. The molecule has 2 N–H and O–H groups in total. The Hall–Kier alpha value is -1.35. The normalized spacial score (nSPS) is 12.2. The van der Waals surface area contributed by atoms with Crippen LogP contribution in [0.3, 0.4) is 0 Å². The van der Waals surface area contributed by atoms with E-state index in [1.54, 1.807) is 0 Å². The molecule has 1 atom stereocenters. The highest BCUT2D eigenvalue weighted by Gasteiger charge is 2.13. The standard InChI is InChI=1S/C14H21NO2/c1-3-4-9-14(16)17-11(2)13-8-6-5-7-12(13)10-15/h5-8,11H,3-4,9-10,15H2,1-2H3/t11-/m1/s1. The summed E-state index contributed by atoms with van der Waals surface area (Å²) < 4.78 is 5.39. The molecule has 0 spiro atoms. The van der Waals surface area contributed by atoms with E-state index in [9.17, 15) is 4.79 Å². The van der Waals surface area contributed by atoms with Crippen molar-refractivity contribution in [3.8, 4) is 0 Å². The van der Waals surface area contributed by atoms with E-state index >= 15 is 0 Å². The maximum Gasteiger partial charge on any atom is 0.306 e. The van der Waals surface area contributed by atoms with E-state index < -0.39 is 0 Å². The van der Waals surface area contributed by atoms with Gasteiger partial charge >= 0.3 is 5.97 Å². The molecule has 0 amide bonds. The summed E-state index contributed by atoms with van der Waals surface area (Å²) in [5.74, 6) is -0.133. The van der Waals surface area contributed by atoms with Gasteiger partial charge in [0.1, 0.15) is 6.10 Å². The van der Waals surface area contributed by atoms with E-state index in [1.807, 2.05) is 31.2 Å². The summed E-state index contributed by atoms with van der Waals surface area (Å²) in [6.45, 7) is 4.41. The molecule has 3 heteroatoms. The van der Waals surface area contributed by atoms with Crippen LogP contribution < -0.4 is 5.73 Å². The fourth-order valence-electron chi connectivity index (χ4n) is 1.76. The first kappa shape index (κ1) is 13.7. The lowest BCUT2D eigenvalue weighted by molar-refractivity contribution is -0.148. The van der Waals surface area contributed by atoms with Crippen molar-refractivity contribution in [3.63, 3.8) is 0 Å². The van der Waals surface area contributed by atoms with Crippen LogP contribution in [0.15, 0.2) is 24.3 Å². The fourth-order valence-corrected chi connectivity index (χ4v) is 1.76. The molecule has 1 aromatic carbocycles. The number of benzene rings is 1. The number of nitrogens with two attached hydrogens (primary N) is 1. The predicted octanol–water partition coefficient (Wildman–Crippen LogP) is 2.94. The van der Waals surface area contributed by atoms with E-state index in [2.05, 4.69) is 6.92 Å². The Morgan fingerprint density at radius 3 is 2.76 bits per heavy atom. The van der Waals surface area contributed by atoms with E-state index in [4.69, 9.17) is 10.5 Å². The van der Waals surface area contributed by atoms with Gasteiger partial charge < -0.3 is 10.5 Å². The van der Waals surface area contributed by atoms with Crippen LogP contribution in [0.25, 0.3) is 0 Å². The van der Waals surface area contributed by atoms with Crippen LogP contribution in [0.5, 0.6) is 0 Å². The highest BCUT2D eigenvalue weighted by Crippen LogP contribution is 2.21. The van der Waals surface area contributed by atoms with Gasteiger partial charge in [0.15, 0.2) is 0 Å². The van der Waals surface area contributed by atoms with E-state index in [1.165, 1.54) is 0 Å². The van der Waals surface area contributed by atoms with Gasteiger partial charge in [-0.05, 0) is 24.5 Å². The Labute approximate surface area is 103 Å². The summed E-state index contributed by atoms with van der Waals surface area (Å²) in [6, 6.07) is 7.80. The number of ether oxygens (including phenoxy) is 1. The molecule has 0 radical (unpaired) electrons. The molecule has 0 aliphatic heterocycles. The maximum atomic E-state index is 11.5. The number of hydrogen-bond donors (Lipinski definition) is 1. The number of unbranched alkanes of at least 4 members (excludes halogenated alkanes) is 1. The summed E-state index contributed by atoms with van der Waals surface area (Å²) >= 11 is 0. The van der Waals surface area contributed by atoms with Crippen LogP contribution in [0.1, 0.15) is 50.3 Å². The first-order valence-corrected chi connectivity index (χ1v) is 6.16. The molecule has 1 rings (SSSR count). The van der Waals surface area contributed by atoms with Gasteiger partial charge in [0.2, 0.25) is 0 Å². The number of carbonyl (C=O) groups excluding carboxylic acids is 1. The zero-order valence-electron chi connectivity index (χ0n) is 10.6. The van der Waals surface area contributed by atoms with Gasteiger partial charge in [-0.2, -0.15) is 0 Å². The zero-order chi connectivity index (χ0) is 12.7. The van der Waals surface area contributed by atoms with Gasteiger partial charge in [0.25, 0.3) is 0 Å². The second-order valence-electron chi connectivity index (χ2n) is 4.14. The molecular formula is C14H21NO2. The second kappa shape index (κ2) is 7.07. The second-order valence-corrected chi connectivity index (χ2v) is 4.14. The van der Waals surface area contributed by atoms with Gasteiger partial charge in [0.05, 0.1) is 0 Å². The third-order valence-electron chi connectivity index (χ3n) is 2.76. The molecule has 94 valence electrons. The van der Waals surface area contributed by atoms with Crippen LogP contribution in [-0.4, -0.2) is 5.97 Å². The summed E-state index contributed by atoms with van der Waals surface area (Å²) in [5, 5.41) is 0. The van der Waals surface area contributed by atoms with Crippen molar-refractivity contribution in [1.29, 1.82) is 0 Å². The Bertz CT molecular complexity index is 363. The predicted molar refractivity (Wildman–Crippen MR) is 68.4 cm³/mol. The van der Waals surface area contributed by atoms with Crippen molar-refractivity contribution in [2.75, 3.05) is 0 Å². The first-order chi connectivity index (χ1) is 8.19. The molecule has 0 saturated heterocycles. The third-order valence-corrected chi connectivity index (χ3v) is 2.76. The quantitative estimate of drug-likeness (QED) is 0.771. The summed E-state index contributed by atoms with van der Waals surface area (Å²) in [5.41, 5.74) is 7.69. The van der Waals surface area contributed by atoms with E-state index in [0.717, 1.165) is 24.0 Å². The van der Waals surface area contributed by atoms with E-state index in [0.29, 0.717) is 13.0 Å². The van der Waals surface area contributed by atoms with Gasteiger partial charge in [-0.25, -0.2) is 0 Å². The molecule has 0 aliphatic rings. The molecule has 0 fully saturated rings. The minimum atomic E-state index is -0.223. The Kier molecular flexibility index (Phi) is 5.70. The summed E-state index contributed by atoms with van der Waals surface area (Å²) in [7, 11) is 0. The lowest BCUT2D eigenvalue weighted by Crippen LogP contribution is -2.11. The van der Waals surface area contributed by atoms with Crippen LogP contribution in [0.2, 0.25) is 0 Å². The first-order valence-electron chi connectivity index (χ1n) is 6.16. The van der Waals surface area contributed by atoms with Crippen LogP contribution >= 0.6 is 0 Å². The zero-order valence-corrected chi connectivity index (χ0v) is 10.6. The van der Waals surface area contributed by atoms with Crippen molar-refractivity contribution in [3.05, 3.63) is 35.4 Å². The number of carbonyl (C=O) groups is 1. The molecule has 3 nitrogen and oxygen atoms in total. The lowest BCUT2D eigenvalue weighted by Gasteiger charge is -2.16. The smallest absolute Gasteiger partial charge is 0.306 e. The van der Waals surface area contributed by atoms with E-state index in [-0.39, 0.29) is 12.1 Å². The Morgan fingerprint density at radius 1 is 1.41 bits per heavy atom. The maximum absolute atomic E-state index is 11.5. The van der Waals surface area contributed by atoms with Crippen molar-refractivity contribution < 1.29 is 9.53 Å². The number of rotatable bonds is 6. The molecule has 0 aliphatic carbocycles. The van der Waals surface area contributed by atoms with Crippen LogP contribution in [0.4, 0.5) is 0 Å². The average Bonchev–Trinajstić information content (AvgIpc) is 2.36. The molecule has 0 unspecified atom stereocenters. The summed E-state index contributed by atoms with van der Waals surface area (Å²) in [4.78, 5) is 11.5. The van der Waals surface area contributed by atoms with Gasteiger partial charge in [-0.15, -0.1) is 0 Å². The van der Waals surface area contributed by atoms with Crippen LogP contribution in [-0.2, 0) is 16.1 Å². The molecule has 0 aromatic heterocycles. The highest BCUT2D eigenvalue weighted by molar-refractivity contribution is 5.69. The topological polar surface area (TPSA) is 52.3 Å². The molecule has 0 heterocycles. The summed E-state index contributed by atoms with van der Waals surface area (Å²) in [6.07, 6.45) is 2.15. The minimum Gasteiger partial charge on any atom is -0.458 e. The number of esters is 1. The van der Waals surface area contributed by atoms with Crippen LogP contribution in [0, 0.1) is 0 Å². The Morgan fingerprint density at radius 2 is 2.12 bits per heavy atom. The molecular weight excluding hydrogens is 214 g/mol. The third kappa shape index (κ3) is 4.19. The van der Waals surface area contributed by atoms with Gasteiger partial charge in [-0.1, -0.05) is 37.6 Å². The van der Waals surface area contributed by atoms with Gasteiger partial charge in [0, 0.05) is 13.0 Å². The molecule has 17 heavy (non-hydrogen) atoms. The lowest BCUT2D eigenvalue weighted by atomic mass is 10.0. The highest BCUT2D eigenvalue weighted by atomic mass is 16.5. The molecule has 1 aromatic rings. The SMILES string of the molecule is CCCCC(=O)O[C@H](C)c1ccccc1CN. The average molecular weight is 235 g/mol. The minimum absolute atomic E-state index is 0.133. The van der Waals surface area contributed by atoms with Crippen molar-refractivity contribution in [2.45, 2.75) is 45.8 Å². The van der Waals surface area contributed by atoms with Crippen molar-refractivity contribution in [1.82, 2.24) is 0 Å².